The molecule has 0 amide bonds. The normalized spacial score (nSPS) is 12.6. The summed E-state index contributed by atoms with van der Waals surface area (Å²) in [6, 6.07) is 34.9. The van der Waals surface area contributed by atoms with E-state index in [2.05, 4.69) is 0 Å². The van der Waals surface area contributed by atoms with Gasteiger partial charge in [0.05, 0.1) is 50.3 Å². The van der Waals surface area contributed by atoms with Gasteiger partial charge in [0.2, 0.25) is 0 Å². The number of aromatic nitrogens is 1. The molecule has 3 nitrogen and oxygen atoms in total. The molecule has 0 spiro atoms. The van der Waals surface area contributed by atoms with Crippen molar-refractivity contribution in [1.29, 1.82) is 0 Å². The highest BCUT2D eigenvalue weighted by molar-refractivity contribution is 6.09. The van der Waals surface area contributed by atoms with Gasteiger partial charge in [0.25, 0.3) is 0 Å². The predicted octanol–water partition coefficient (Wildman–Crippen LogP) is 15.8. The molecule has 1 aromatic heterocycles. The minimum Gasteiger partial charge on any atom is -0.310 e. The molecule has 0 fully saturated rings. The number of fused-ring (bicyclic) bond motifs is 3. The summed E-state index contributed by atoms with van der Waals surface area (Å²) >= 11 is 0. The van der Waals surface area contributed by atoms with Crippen molar-refractivity contribution in [2.45, 2.75) is 24.7 Å². The summed E-state index contributed by atoms with van der Waals surface area (Å²) in [4.78, 5) is 2.80. The molecule has 8 aromatic rings. The zero-order valence-corrected chi connectivity index (χ0v) is 31.0. The van der Waals surface area contributed by atoms with Gasteiger partial charge in [0.1, 0.15) is 0 Å². The van der Waals surface area contributed by atoms with Gasteiger partial charge in [-0.05, 0) is 127 Å². The van der Waals surface area contributed by atoms with Gasteiger partial charge in [-0.25, -0.2) is 0 Å². The van der Waals surface area contributed by atoms with E-state index >= 15 is 0 Å². The van der Waals surface area contributed by atoms with Crippen molar-refractivity contribution in [2.75, 3.05) is 9.80 Å². The van der Waals surface area contributed by atoms with E-state index in [-0.39, 0.29) is 34.1 Å². The first-order valence-corrected chi connectivity index (χ1v) is 18.2. The number of hydrogen-bond acceptors (Lipinski definition) is 2. The molecule has 0 radical (unpaired) electrons. The van der Waals surface area contributed by atoms with Gasteiger partial charge in [0, 0.05) is 33.5 Å². The second-order valence-corrected chi connectivity index (χ2v) is 13.9. The van der Waals surface area contributed by atoms with E-state index < -0.39 is 47.0 Å². The third-order valence-corrected chi connectivity index (χ3v) is 10.1. The Morgan fingerprint density at radius 2 is 0.557 bits per heavy atom. The van der Waals surface area contributed by atoms with E-state index in [4.69, 9.17) is 0 Å². The van der Waals surface area contributed by atoms with Crippen molar-refractivity contribution in [2.24, 2.45) is 0 Å². The topological polar surface area (TPSA) is 11.4 Å². The molecule has 0 N–H and O–H groups in total. The van der Waals surface area contributed by atoms with Crippen LogP contribution < -0.4 is 9.80 Å². The van der Waals surface area contributed by atoms with Gasteiger partial charge in [-0.1, -0.05) is 36.4 Å². The van der Waals surface area contributed by atoms with Gasteiger partial charge in [-0.3, -0.25) is 0 Å². The van der Waals surface area contributed by atoms with E-state index in [0.29, 0.717) is 16.7 Å². The fourth-order valence-corrected chi connectivity index (χ4v) is 7.26. The van der Waals surface area contributed by atoms with Crippen molar-refractivity contribution < 1.29 is 52.7 Å². The van der Waals surface area contributed by atoms with Crippen LogP contribution in [0.5, 0.6) is 0 Å². The molecule has 61 heavy (non-hydrogen) atoms. The van der Waals surface area contributed by atoms with Gasteiger partial charge in [-0.15, -0.1) is 0 Å². The average molecular weight is 850 g/mol. The Labute approximate surface area is 338 Å². The van der Waals surface area contributed by atoms with Crippen molar-refractivity contribution in [3.8, 4) is 5.69 Å². The molecule has 0 bridgehead atoms. The van der Waals surface area contributed by atoms with Crippen LogP contribution in [0.15, 0.2) is 164 Å². The summed E-state index contributed by atoms with van der Waals surface area (Å²) in [6.07, 6.45) is -18.9. The van der Waals surface area contributed by atoms with Crippen molar-refractivity contribution in [3.63, 3.8) is 0 Å². The van der Waals surface area contributed by atoms with Crippen molar-refractivity contribution in [1.82, 2.24) is 4.57 Å². The fraction of sp³-hybridized carbons (Fsp3) is 0.0870. The molecule has 7 aromatic carbocycles. The Hall–Kier alpha value is -6.90. The molecule has 0 aliphatic carbocycles. The highest BCUT2D eigenvalue weighted by Gasteiger charge is 2.34. The predicted molar refractivity (Wildman–Crippen MR) is 210 cm³/mol. The van der Waals surface area contributed by atoms with Crippen LogP contribution >= 0.6 is 0 Å². The quantitative estimate of drug-likeness (QED) is 0.148. The van der Waals surface area contributed by atoms with E-state index in [1.807, 2.05) is 41.0 Å². The molecule has 0 saturated heterocycles. The number of para-hydroxylation sites is 2. The second-order valence-electron chi connectivity index (χ2n) is 13.9. The summed E-state index contributed by atoms with van der Waals surface area (Å²) in [6.45, 7) is 0. The first-order valence-electron chi connectivity index (χ1n) is 18.2. The van der Waals surface area contributed by atoms with Crippen LogP contribution in [0.25, 0.3) is 27.5 Å². The summed E-state index contributed by atoms with van der Waals surface area (Å²) in [7, 11) is 0. The molecule has 0 aliphatic rings. The lowest BCUT2D eigenvalue weighted by molar-refractivity contribution is -0.138. The third-order valence-electron chi connectivity index (χ3n) is 10.1. The first kappa shape index (κ1) is 40.9. The number of benzene rings is 7. The van der Waals surface area contributed by atoms with Crippen LogP contribution in [0.2, 0.25) is 0 Å². The maximum Gasteiger partial charge on any atom is 0.416 e. The lowest BCUT2D eigenvalue weighted by atomic mass is 10.1. The fourth-order valence-electron chi connectivity index (χ4n) is 7.26. The largest absolute Gasteiger partial charge is 0.416 e. The summed E-state index contributed by atoms with van der Waals surface area (Å²) < 4.78 is 167. The van der Waals surface area contributed by atoms with Crippen LogP contribution in [-0.2, 0) is 24.7 Å². The van der Waals surface area contributed by atoms with Gasteiger partial charge in [-0.2, -0.15) is 52.7 Å². The maximum atomic E-state index is 13.8. The highest BCUT2D eigenvalue weighted by atomic mass is 19.4. The van der Waals surface area contributed by atoms with Crippen molar-refractivity contribution in [3.05, 3.63) is 186 Å². The van der Waals surface area contributed by atoms with Crippen LogP contribution in [0, 0.1) is 0 Å². The first-order chi connectivity index (χ1) is 28.8. The average Bonchev–Trinajstić information content (AvgIpc) is 3.55. The minimum absolute atomic E-state index is 0.0775. The monoisotopic (exact) mass is 849 g/mol. The van der Waals surface area contributed by atoms with E-state index in [0.717, 1.165) is 108 Å². The number of anilines is 6. The van der Waals surface area contributed by atoms with Crippen LogP contribution in [0.1, 0.15) is 22.3 Å². The summed E-state index contributed by atoms with van der Waals surface area (Å²) in [5, 5.41) is 1.63. The molecular weight excluding hydrogens is 823 g/mol. The van der Waals surface area contributed by atoms with Gasteiger partial charge >= 0.3 is 24.7 Å². The van der Waals surface area contributed by atoms with E-state index in [1.165, 1.54) is 15.9 Å². The number of alkyl halides is 12. The van der Waals surface area contributed by atoms with Crippen LogP contribution in [0.4, 0.5) is 86.8 Å². The number of nitrogens with zero attached hydrogens (tertiary/aromatic N) is 3. The Kier molecular flexibility index (Phi) is 10.0. The highest BCUT2D eigenvalue weighted by Crippen LogP contribution is 2.46. The van der Waals surface area contributed by atoms with E-state index in [1.54, 1.807) is 24.3 Å². The Balaban J connectivity index is 1.44. The van der Waals surface area contributed by atoms with Crippen LogP contribution in [-0.4, -0.2) is 4.57 Å². The second kappa shape index (κ2) is 15.0. The smallest absolute Gasteiger partial charge is 0.310 e. The molecule has 0 aliphatic heterocycles. The number of rotatable bonds is 7. The molecule has 0 atom stereocenters. The number of hydrogen-bond donors (Lipinski definition) is 0. The molecule has 8 rings (SSSR count). The molecular formula is C46H27F12N3. The Morgan fingerprint density at radius 1 is 0.295 bits per heavy atom. The Morgan fingerprint density at radius 3 is 0.820 bits per heavy atom. The van der Waals surface area contributed by atoms with Gasteiger partial charge in [0.15, 0.2) is 0 Å². The molecule has 310 valence electrons. The molecule has 1 heterocycles. The van der Waals surface area contributed by atoms with Crippen LogP contribution in [0.3, 0.4) is 0 Å². The van der Waals surface area contributed by atoms with E-state index in [9.17, 15) is 52.7 Å². The SMILES string of the molecule is FC(F)(F)c1ccc(N(c2ccc(C(F)(F)F)cc2)c2cc(N(c3ccc(C(F)(F)F)cc3)c3ccc(C(F)(F)F)cc3)cc(-n3c4ccccc4c4ccccc43)c2)cc1. The molecule has 15 heteroatoms. The lowest BCUT2D eigenvalue weighted by Gasteiger charge is -2.31. The molecule has 0 unspecified atom stereocenters. The summed E-state index contributed by atoms with van der Waals surface area (Å²) in [5.41, 5.74) is -1.66. The summed E-state index contributed by atoms with van der Waals surface area (Å²) in [5.74, 6) is 0. The molecule has 0 saturated carbocycles. The van der Waals surface area contributed by atoms with Crippen molar-refractivity contribution >= 4 is 55.9 Å². The zero-order valence-electron chi connectivity index (χ0n) is 31.0. The van der Waals surface area contributed by atoms with Gasteiger partial charge < -0.3 is 14.4 Å². The zero-order chi connectivity index (χ0) is 43.5. The lowest BCUT2D eigenvalue weighted by Crippen LogP contribution is -2.15. The third kappa shape index (κ3) is 8.07. The number of halogens is 12. The maximum absolute atomic E-state index is 13.8. The Bertz CT molecular complexity index is 2530. The minimum atomic E-state index is -4.73. The standard InChI is InChI=1S/C46H27F12N3/c47-43(48,49)28-9-17-32(18-10-28)59(33-19-11-29(12-20-33)44(50,51)52)36-25-37(27-38(26-36)61-41-7-3-1-5-39(41)40-6-2-4-8-42(40)61)60(34-21-13-30(14-22-34)45(53,54)55)35-23-15-31(16-24-35)46(56,57)58/h1-27H.